The molecule has 0 amide bonds. The number of benzene rings is 3. The maximum Gasteiger partial charge on any atom is 0.338 e. The van der Waals surface area contributed by atoms with Gasteiger partial charge in [0.15, 0.2) is 5.78 Å². The van der Waals surface area contributed by atoms with Crippen LogP contribution in [0.3, 0.4) is 0 Å². The summed E-state index contributed by atoms with van der Waals surface area (Å²) < 4.78 is 33.6. The minimum Gasteiger partial charge on any atom is -0.462 e. The van der Waals surface area contributed by atoms with E-state index in [4.69, 9.17) is 27.9 Å². The largest absolute Gasteiger partial charge is 0.462 e. The number of ketones is 1. The fourth-order valence-corrected chi connectivity index (χ4v) is 5.01. The van der Waals surface area contributed by atoms with Crippen molar-refractivity contribution in [3.63, 3.8) is 0 Å². The lowest BCUT2D eigenvalue weighted by Crippen LogP contribution is -2.36. The molecule has 35 heavy (non-hydrogen) atoms. The molecule has 182 valence electrons. The molecule has 0 fully saturated rings. The average Bonchev–Trinajstić information content (AvgIpc) is 2.82. The monoisotopic (exact) mass is 531 g/mol. The van der Waals surface area contributed by atoms with E-state index in [1.807, 2.05) is 6.92 Å². The van der Waals surface area contributed by atoms with Crippen LogP contribution in [0, 0.1) is 6.92 Å². The molecule has 6 nitrogen and oxygen atoms in total. The number of ether oxygens (including phenoxy) is 1. The maximum atomic E-state index is 13.8. The topological polar surface area (TPSA) is 80.8 Å². The minimum atomic E-state index is -4.26. The zero-order chi connectivity index (χ0) is 25.8. The fourth-order valence-electron chi connectivity index (χ4n) is 3.29. The Morgan fingerprint density at radius 2 is 1.54 bits per heavy atom. The summed E-state index contributed by atoms with van der Waals surface area (Å²) in [5, 5.41) is 0.650. The van der Waals surface area contributed by atoms with E-state index in [1.54, 1.807) is 31.2 Å². The highest BCUT2D eigenvalue weighted by molar-refractivity contribution is 7.92. The van der Waals surface area contributed by atoms with Crippen molar-refractivity contribution < 1.29 is 22.7 Å². The van der Waals surface area contributed by atoms with Crippen molar-refractivity contribution in [3.05, 3.63) is 100 Å². The number of rotatable bonds is 9. The Morgan fingerprint density at radius 1 is 0.943 bits per heavy atom. The maximum absolute atomic E-state index is 13.8. The number of nitrogens with zero attached hydrogens (tertiary/aromatic N) is 1. The van der Waals surface area contributed by atoms with Crippen LogP contribution in [0.15, 0.2) is 78.2 Å². The summed E-state index contributed by atoms with van der Waals surface area (Å²) in [6.07, 6.45) is 0. The van der Waals surface area contributed by atoms with Crippen molar-refractivity contribution in [1.29, 1.82) is 0 Å². The number of sulfonamides is 1. The average molecular weight is 532 g/mol. The summed E-state index contributed by atoms with van der Waals surface area (Å²) in [6.45, 7) is 6.82. The Balaban J connectivity index is 2.18. The van der Waals surface area contributed by atoms with Crippen LogP contribution in [0.25, 0.3) is 5.57 Å². The molecule has 0 aliphatic rings. The summed E-state index contributed by atoms with van der Waals surface area (Å²) in [6, 6.07) is 16.7. The molecule has 0 saturated heterocycles. The van der Waals surface area contributed by atoms with Gasteiger partial charge in [-0.25, -0.2) is 13.2 Å². The van der Waals surface area contributed by atoms with Crippen molar-refractivity contribution in [2.24, 2.45) is 0 Å². The van der Waals surface area contributed by atoms with Crippen molar-refractivity contribution >= 4 is 56.2 Å². The predicted octanol–water partition coefficient (Wildman–Crippen LogP) is 5.96. The molecule has 3 aromatic rings. The third-order valence-corrected chi connectivity index (χ3v) is 7.40. The zero-order valence-electron chi connectivity index (χ0n) is 19.1. The van der Waals surface area contributed by atoms with Crippen molar-refractivity contribution in [2.75, 3.05) is 17.5 Å². The molecule has 0 atom stereocenters. The third-order valence-electron chi connectivity index (χ3n) is 5.14. The number of hydrogen-bond acceptors (Lipinski definition) is 5. The summed E-state index contributed by atoms with van der Waals surface area (Å²) >= 11 is 12.2. The number of hydrogen-bond donors (Lipinski definition) is 0. The molecule has 0 heterocycles. The van der Waals surface area contributed by atoms with Crippen LogP contribution in [-0.4, -0.2) is 33.3 Å². The number of aryl methyl sites for hydroxylation is 1. The van der Waals surface area contributed by atoms with Gasteiger partial charge >= 0.3 is 5.97 Å². The van der Waals surface area contributed by atoms with E-state index in [0.29, 0.717) is 5.02 Å². The SMILES string of the molecule is C=C(C(=O)OCC)c1ccc(Cl)cc1N(CC(=O)c1ccc(Cl)cc1)S(=O)(=O)c1ccc(C)cc1. The summed E-state index contributed by atoms with van der Waals surface area (Å²) in [5.41, 5.74) is 1.27. The van der Waals surface area contributed by atoms with E-state index in [0.717, 1.165) is 9.87 Å². The first-order valence-electron chi connectivity index (χ1n) is 10.6. The third kappa shape index (κ3) is 6.11. The molecule has 0 bridgehead atoms. The van der Waals surface area contributed by atoms with E-state index in [9.17, 15) is 18.0 Å². The number of Topliss-reactive ketones (excluding diaryl/α,β-unsaturated/α-hetero) is 1. The number of carbonyl (C=O) groups is 2. The summed E-state index contributed by atoms with van der Waals surface area (Å²) in [5.74, 6) is -1.20. The molecule has 3 rings (SSSR count). The number of carbonyl (C=O) groups excluding carboxylic acids is 2. The smallest absolute Gasteiger partial charge is 0.338 e. The molecule has 0 saturated carbocycles. The van der Waals surface area contributed by atoms with Gasteiger partial charge in [0.05, 0.1) is 29.3 Å². The summed E-state index contributed by atoms with van der Waals surface area (Å²) in [4.78, 5) is 25.6. The normalized spacial score (nSPS) is 11.1. The molecule has 9 heteroatoms. The van der Waals surface area contributed by atoms with Gasteiger partial charge < -0.3 is 4.74 Å². The van der Waals surface area contributed by atoms with Gasteiger partial charge in [-0.15, -0.1) is 0 Å². The van der Waals surface area contributed by atoms with Gasteiger partial charge in [0.2, 0.25) is 0 Å². The van der Waals surface area contributed by atoms with E-state index < -0.39 is 28.3 Å². The van der Waals surface area contributed by atoms with Gasteiger partial charge in [-0.2, -0.15) is 0 Å². The van der Waals surface area contributed by atoms with Crippen LogP contribution in [0.2, 0.25) is 10.0 Å². The Labute approximate surface area is 214 Å². The van der Waals surface area contributed by atoms with Gasteiger partial charge in [-0.3, -0.25) is 9.10 Å². The molecule has 0 N–H and O–H groups in total. The highest BCUT2D eigenvalue weighted by Gasteiger charge is 2.31. The molecular weight excluding hydrogens is 509 g/mol. The molecule has 0 aliphatic heterocycles. The Hall–Kier alpha value is -3.13. The van der Waals surface area contributed by atoms with E-state index in [2.05, 4.69) is 6.58 Å². The standard InChI is InChI=1S/C26H23Cl2NO5S/c1-4-34-26(31)18(3)23-14-11-21(28)15-24(23)29(16-25(30)19-7-9-20(27)10-8-19)35(32,33)22-12-5-17(2)6-13-22/h5-15H,3-4,16H2,1-2H3. The van der Waals surface area contributed by atoms with Gasteiger partial charge in [0.25, 0.3) is 10.0 Å². The second kappa shape index (κ2) is 11.1. The van der Waals surface area contributed by atoms with Gasteiger partial charge in [0.1, 0.15) is 0 Å². The Morgan fingerprint density at radius 3 is 2.14 bits per heavy atom. The fraction of sp³-hybridized carbons (Fsp3) is 0.154. The van der Waals surface area contributed by atoms with Crippen LogP contribution >= 0.6 is 23.2 Å². The molecule has 3 aromatic carbocycles. The van der Waals surface area contributed by atoms with E-state index in [-0.39, 0.29) is 38.9 Å². The van der Waals surface area contributed by atoms with Crippen LogP contribution in [0.4, 0.5) is 5.69 Å². The molecule has 0 unspecified atom stereocenters. The quantitative estimate of drug-likeness (QED) is 0.193. The molecule has 0 radical (unpaired) electrons. The lowest BCUT2D eigenvalue weighted by molar-refractivity contribution is -0.136. The highest BCUT2D eigenvalue weighted by atomic mass is 35.5. The predicted molar refractivity (Wildman–Crippen MR) is 139 cm³/mol. The zero-order valence-corrected chi connectivity index (χ0v) is 21.5. The van der Waals surface area contributed by atoms with Crippen LogP contribution < -0.4 is 4.31 Å². The molecular formula is C26H23Cl2NO5S. The Bertz CT molecular complexity index is 1370. The van der Waals surface area contributed by atoms with Crippen molar-refractivity contribution in [1.82, 2.24) is 0 Å². The first kappa shape index (κ1) is 26.5. The van der Waals surface area contributed by atoms with Gasteiger partial charge in [-0.1, -0.05) is 53.5 Å². The molecule has 0 aliphatic carbocycles. The lowest BCUT2D eigenvalue weighted by atomic mass is 10.0. The minimum absolute atomic E-state index is 0.0263. The van der Waals surface area contributed by atoms with Crippen LogP contribution in [0.5, 0.6) is 0 Å². The highest BCUT2D eigenvalue weighted by Crippen LogP contribution is 2.34. The summed E-state index contributed by atoms with van der Waals surface area (Å²) in [7, 11) is -4.26. The first-order chi connectivity index (χ1) is 16.5. The van der Waals surface area contributed by atoms with Crippen molar-refractivity contribution in [2.45, 2.75) is 18.7 Å². The van der Waals surface area contributed by atoms with E-state index in [1.165, 1.54) is 42.5 Å². The van der Waals surface area contributed by atoms with Crippen molar-refractivity contribution in [3.8, 4) is 0 Å². The molecule has 0 spiro atoms. The number of esters is 1. The second-order valence-electron chi connectivity index (χ2n) is 7.62. The lowest BCUT2D eigenvalue weighted by Gasteiger charge is -2.27. The van der Waals surface area contributed by atoms with Gasteiger partial charge in [0, 0.05) is 21.2 Å². The van der Waals surface area contributed by atoms with Gasteiger partial charge in [-0.05, 0) is 62.4 Å². The number of halogens is 2. The number of anilines is 1. The Kier molecular flexibility index (Phi) is 8.38. The van der Waals surface area contributed by atoms with E-state index >= 15 is 0 Å². The molecule has 0 aromatic heterocycles. The first-order valence-corrected chi connectivity index (χ1v) is 12.8. The van der Waals surface area contributed by atoms with Crippen LogP contribution in [-0.2, 0) is 19.6 Å². The second-order valence-corrected chi connectivity index (χ2v) is 10.4. The van der Waals surface area contributed by atoms with Crippen LogP contribution in [0.1, 0.15) is 28.4 Å².